The summed E-state index contributed by atoms with van der Waals surface area (Å²) in [5.41, 5.74) is 1.20. The van der Waals surface area contributed by atoms with Gasteiger partial charge in [-0.1, -0.05) is 20.8 Å². The number of carboxylic acid groups (broad SMARTS) is 1. The van der Waals surface area contributed by atoms with Gasteiger partial charge >= 0.3 is 5.97 Å². The Labute approximate surface area is 165 Å². The molecule has 0 aromatic heterocycles. The Balaban J connectivity index is 0.000000713. The number of allylic oxidation sites excluding steroid dienone is 3. The van der Waals surface area contributed by atoms with Crippen LogP contribution in [0.2, 0.25) is 0 Å². The van der Waals surface area contributed by atoms with E-state index >= 15 is 0 Å². The maximum Gasteiger partial charge on any atom is 0.308 e. The molecule has 0 aliphatic carbocycles. The van der Waals surface area contributed by atoms with E-state index in [1.54, 1.807) is 0 Å². The van der Waals surface area contributed by atoms with Crippen molar-refractivity contribution in [1.29, 1.82) is 0 Å². The number of ether oxygens (including phenoxy) is 1. The fraction of sp³-hybridized carbons (Fsp3) is 0.762. The molecule has 4 unspecified atom stereocenters. The summed E-state index contributed by atoms with van der Waals surface area (Å²) in [5.74, 6) is 0.110. The fourth-order valence-electron chi connectivity index (χ4n) is 2.54. The molecule has 0 radical (unpaired) electrons. The van der Waals surface area contributed by atoms with Crippen LogP contribution in [-0.2, 0) is 9.53 Å². The van der Waals surface area contributed by atoms with Gasteiger partial charge in [-0.25, -0.2) is 0 Å². The van der Waals surface area contributed by atoms with E-state index in [0.717, 1.165) is 31.7 Å². The van der Waals surface area contributed by atoms with Crippen LogP contribution in [0.25, 0.3) is 0 Å². The zero-order valence-corrected chi connectivity index (χ0v) is 18.1. The Bertz CT molecular complexity index is 487. The average Bonchev–Trinajstić information content (AvgIpc) is 2.56. The second kappa shape index (κ2) is 13.6. The first-order valence-electron chi connectivity index (χ1n) is 10.0. The molecule has 0 saturated heterocycles. The molecule has 0 bridgehead atoms. The molecule has 1 rings (SSSR count). The normalized spacial score (nSPS) is 19.7. The van der Waals surface area contributed by atoms with Gasteiger partial charge in [-0.2, -0.15) is 0 Å². The van der Waals surface area contributed by atoms with Gasteiger partial charge in [-0.3, -0.25) is 4.79 Å². The van der Waals surface area contributed by atoms with E-state index in [4.69, 9.17) is 14.9 Å². The lowest BCUT2D eigenvalue weighted by atomic mass is 10.0. The lowest BCUT2D eigenvalue weighted by Gasteiger charge is -2.28. The molecule has 0 aromatic carbocycles. The van der Waals surface area contributed by atoms with E-state index in [-0.39, 0.29) is 6.04 Å². The molecule has 27 heavy (non-hydrogen) atoms. The van der Waals surface area contributed by atoms with Gasteiger partial charge in [0.05, 0.1) is 24.2 Å². The predicted octanol–water partition coefficient (Wildman–Crippen LogP) is 3.28. The van der Waals surface area contributed by atoms with Crippen molar-refractivity contribution in [2.45, 2.75) is 79.6 Å². The third-order valence-corrected chi connectivity index (χ3v) is 4.41. The molecule has 4 atom stereocenters. The van der Waals surface area contributed by atoms with Gasteiger partial charge in [-0.05, 0) is 71.7 Å². The molecule has 1 heterocycles. The van der Waals surface area contributed by atoms with Crippen LogP contribution in [0.1, 0.15) is 61.3 Å². The summed E-state index contributed by atoms with van der Waals surface area (Å²) in [4.78, 5) is 9.98. The lowest BCUT2D eigenvalue weighted by Crippen LogP contribution is -2.33. The number of aliphatic hydroxyl groups is 1. The van der Waals surface area contributed by atoms with Crippen molar-refractivity contribution in [2.75, 3.05) is 13.1 Å². The van der Waals surface area contributed by atoms with Crippen LogP contribution < -0.4 is 10.6 Å². The molecular weight excluding hydrogens is 344 g/mol. The van der Waals surface area contributed by atoms with Gasteiger partial charge in [0, 0.05) is 5.70 Å². The minimum atomic E-state index is -0.958. The standard InChI is InChI=1S/C16H30N2O.C5H10O3/c1-6-17-10-9-15(11-12(2)3)19-16-8-7-13(4)18-14(16)5;1-3(4(2)6)5(7)8/h7-8,12,14-15,17-18H,6,9-11H2,1-5H3;3-4,6H,1-2H3,(H,7,8). The molecule has 4 N–H and O–H groups in total. The number of aliphatic carboxylic acids is 1. The smallest absolute Gasteiger partial charge is 0.308 e. The first-order valence-corrected chi connectivity index (χ1v) is 10.0. The summed E-state index contributed by atoms with van der Waals surface area (Å²) in [6.07, 6.45) is 5.92. The number of nitrogens with one attached hydrogen (secondary N) is 2. The van der Waals surface area contributed by atoms with Crippen LogP contribution in [0.15, 0.2) is 23.6 Å². The highest BCUT2D eigenvalue weighted by Crippen LogP contribution is 2.19. The molecule has 1 aliphatic heterocycles. The number of dihydropyridines is 1. The fourth-order valence-corrected chi connectivity index (χ4v) is 2.54. The maximum absolute atomic E-state index is 9.98. The van der Waals surface area contributed by atoms with Crippen LogP contribution in [-0.4, -0.2) is 47.5 Å². The van der Waals surface area contributed by atoms with Gasteiger partial charge in [0.2, 0.25) is 0 Å². The number of carbonyl (C=O) groups is 1. The second-order valence-electron chi connectivity index (χ2n) is 7.66. The van der Waals surface area contributed by atoms with Gasteiger partial charge in [0.25, 0.3) is 0 Å². The van der Waals surface area contributed by atoms with E-state index < -0.39 is 18.0 Å². The first kappa shape index (κ1) is 25.5. The van der Waals surface area contributed by atoms with Crippen LogP contribution in [0.3, 0.4) is 0 Å². The Morgan fingerprint density at radius 3 is 2.33 bits per heavy atom. The maximum atomic E-state index is 9.98. The average molecular weight is 385 g/mol. The van der Waals surface area contributed by atoms with E-state index in [1.165, 1.54) is 19.5 Å². The van der Waals surface area contributed by atoms with Crippen molar-refractivity contribution >= 4 is 5.97 Å². The summed E-state index contributed by atoms with van der Waals surface area (Å²) in [7, 11) is 0. The third kappa shape index (κ3) is 11.7. The monoisotopic (exact) mass is 384 g/mol. The number of hydrogen-bond acceptors (Lipinski definition) is 5. The summed E-state index contributed by atoms with van der Waals surface area (Å²) < 4.78 is 6.22. The summed E-state index contributed by atoms with van der Waals surface area (Å²) >= 11 is 0. The molecule has 6 heteroatoms. The van der Waals surface area contributed by atoms with Gasteiger partial charge < -0.3 is 25.6 Å². The molecule has 0 aromatic rings. The Kier molecular flexibility index (Phi) is 12.8. The van der Waals surface area contributed by atoms with Crippen molar-refractivity contribution in [3.05, 3.63) is 23.6 Å². The van der Waals surface area contributed by atoms with Crippen LogP contribution in [0.4, 0.5) is 0 Å². The van der Waals surface area contributed by atoms with Crippen molar-refractivity contribution in [3.63, 3.8) is 0 Å². The van der Waals surface area contributed by atoms with E-state index in [2.05, 4.69) is 57.4 Å². The molecule has 1 aliphatic rings. The van der Waals surface area contributed by atoms with Crippen LogP contribution >= 0.6 is 0 Å². The SMILES string of the molecule is CC(O)C(C)C(=O)O.CCNCCC(CC(C)C)OC1=CC=C(C)NC1C. The molecule has 0 saturated carbocycles. The minimum absolute atomic E-state index is 0.277. The number of aliphatic hydroxyl groups excluding tert-OH is 1. The molecule has 0 fully saturated rings. The Hall–Kier alpha value is -1.53. The van der Waals surface area contributed by atoms with Crippen molar-refractivity contribution in [1.82, 2.24) is 10.6 Å². The highest BCUT2D eigenvalue weighted by molar-refractivity contribution is 5.70. The van der Waals surface area contributed by atoms with Crippen LogP contribution in [0, 0.1) is 11.8 Å². The molecule has 6 nitrogen and oxygen atoms in total. The molecule has 158 valence electrons. The minimum Gasteiger partial charge on any atom is -0.493 e. The lowest BCUT2D eigenvalue weighted by molar-refractivity contribution is -0.144. The number of rotatable bonds is 10. The summed E-state index contributed by atoms with van der Waals surface area (Å²) in [6.45, 7) is 15.9. The number of carboxylic acids is 1. The van der Waals surface area contributed by atoms with Crippen LogP contribution in [0.5, 0.6) is 0 Å². The third-order valence-electron chi connectivity index (χ3n) is 4.41. The van der Waals surface area contributed by atoms with E-state index in [0.29, 0.717) is 12.0 Å². The predicted molar refractivity (Wildman–Crippen MR) is 110 cm³/mol. The highest BCUT2D eigenvalue weighted by atomic mass is 16.5. The first-order chi connectivity index (χ1) is 12.6. The van der Waals surface area contributed by atoms with Crippen molar-refractivity contribution in [2.24, 2.45) is 11.8 Å². The summed E-state index contributed by atoms with van der Waals surface area (Å²) in [5, 5.41) is 23.6. The van der Waals surface area contributed by atoms with Gasteiger partial charge in [-0.15, -0.1) is 0 Å². The second-order valence-corrected chi connectivity index (χ2v) is 7.66. The zero-order chi connectivity index (χ0) is 21.0. The summed E-state index contributed by atoms with van der Waals surface area (Å²) in [6, 6.07) is 0.277. The van der Waals surface area contributed by atoms with E-state index in [1.807, 2.05) is 0 Å². The molecular formula is C21H40N2O4. The van der Waals surface area contributed by atoms with Crippen molar-refractivity contribution < 1.29 is 19.7 Å². The highest BCUT2D eigenvalue weighted by Gasteiger charge is 2.19. The van der Waals surface area contributed by atoms with Gasteiger partial charge in [0.1, 0.15) is 5.76 Å². The largest absolute Gasteiger partial charge is 0.493 e. The zero-order valence-electron chi connectivity index (χ0n) is 18.1. The van der Waals surface area contributed by atoms with Crippen molar-refractivity contribution in [3.8, 4) is 0 Å². The Morgan fingerprint density at radius 2 is 1.93 bits per heavy atom. The van der Waals surface area contributed by atoms with E-state index in [9.17, 15) is 4.79 Å². The topological polar surface area (TPSA) is 90.8 Å². The number of hydrogen-bond donors (Lipinski definition) is 4. The molecule has 0 amide bonds. The Morgan fingerprint density at radius 1 is 1.30 bits per heavy atom. The quantitative estimate of drug-likeness (QED) is 0.432. The van der Waals surface area contributed by atoms with Gasteiger partial charge in [0.15, 0.2) is 0 Å². The molecule has 0 spiro atoms.